The minimum Gasteiger partial charge on any atom is -0.476 e. The van der Waals surface area contributed by atoms with Crippen molar-refractivity contribution in [2.75, 3.05) is 0 Å². The van der Waals surface area contributed by atoms with Gasteiger partial charge in [0.1, 0.15) is 5.82 Å². The molecule has 0 atom stereocenters. The number of halogens is 2. The molecule has 0 aromatic heterocycles. The van der Waals surface area contributed by atoms with E-state index in [-0.39, 0.29) is 17.8 Å². The summed E-state index contributed by atoms with van der Waals surface area (Å²) in [5.41, 5.74) is 0.791. The lowest BCUT2D eigenvalue weighted by molar-refractivity contribution is -0.134. The maximum atomic E-state index is 12.9. The normalized spacial score (nSPS) is 12.2. The van der Waals surface area contributed by atoms with Crippen LogP contribution in [-0.4, -0.2) is 11.1 Å². The van der Waals surface area contributed by atoms with Gasteiger partial charge in [-0.2, -0.15) is 4.39 Å². The summed E-state index contributed by atoms with van der Waals surface area (Å²) < 4.78 is 25.4. The van der Waals surface area contributed by atoms with E-state index in [4.69, 9.17) is 5.11 Å². The van der Waals surface area contributed by atoms with Gasteiger partial charge in [0.25, 0.3) is 0 Å². The molecule has 0 aliphatic rings. The van der Waals surface area contributed by atoms with Gasteiger partial charge in [-0.15, -0.1) is 0 Å². The molecule has 0 radical (unpaired) electrons. The predicted molar refractivity (Wildman–Crippen MR) is 51.5 cm³/mol. The highest BCUT2D eigenvalue weighted by Gasteiger charge is 2.10. The van der Waals surface area contributed by atoms with Crippen LogP contribution in [0, 0.1) is 5.82 Å². The van der Waals surface area contributed by atoms with Gasteiger partial charge in [-0.05, 0) is 36.6 Å². The molecule has 4 heteroatoms. The molecule has 0 saturated heterocycles. The summed E-state index contributed by atoms with van der Waals surface area (Å²) in [4.78, 5) is 10.3. The summed E-state index contributed by atoms with van der Waals surface area (Å²) in [6.07, 6.45) is 0.165. The fraction of sp³-hybridized carbons (Fsp3) is 0.182. The Hall–Kier alpha value is -1.71. The van der Waals surface area contributed by atoms with Crippen molar-refractivity contribution in [3.63, 3.8) is 0 Å². The van der Waals surface area contributed by atoms with E-state index in [1.807, 2.05) is 0 Å². The van der Waals surface area contributed by atoms with Crippen molar-refractivity contribution in [3.8, 4) is 0 Å². The third kappa shape index (κ3) is 3.16. The number of hydrogen-bond acceptors (Lipinski definition) is 1. The van der Waals surface area contributed by atoms with Crippen molar-refractivity contribution >= 4 is 5.97 Å². The standard InChI is InChI=1S/C11H10F2O2/c1-7(10(13)11(14)15)6-8-2-4-9(12)5-3-8/h2-5H,6H2,1H3,(H,14,15)/b10-7-. The van der Waals surface area contributed by atoms with Crippen LogP contribution >= 0.6 is 0 Å². The smallest absolute Gasteiger partial charge is 0.364 e. The lowest BCUT2D eigenvalue weighted by Crippen LogP contribution is -2.00. The summed E-state index contributed by atoms with van der Waals surface area (Å²) in [5, 5.41) is 8.38. The average Bonchev–Trinajstić information content (AvgIpc) is 2.20. The van der Waals surface area contributed by atoms with Gasteiger partial charge >= 0.3 is 5.97 Å². The van der Waals surface area contributed by atoms with Crippen LogP contribution in [0.2, 0.25) is 0 Å². The Bertz CT molecular complexity index is 394. The van der Waals surface area contributed by atoms with Gasteiger partial charge in [-0.1, -0.05) is 12.1 Å². The maximum Gasteiger partial charge on any atom is 0.364 e. The number of carbonyl (C=O) groups is 1. The molecule has 1 aromatic carbocycles. The van der Waals surface area contributed by atoms with Gasteiger partial charge < -0.3 is 5.11 Å². The van der Waals surface area contributed by atoms with Crippen LogP contribution in [0.5, 0.6) is 0 Å². The van der Waals surface area contributed by atoms with E-state index in [1.54, 1.807) is 0 Å². The van der Waals surface area contributed by atoms with E-state index in [2.05, 4.69) is 0 Å². The van der Waals surface area contributed by atoms with Crippen LogP contribution in [0.4, 0.5) is 8.78 Å². The molecule has 1 N–H and O–H groups in total. The predicted octanol–water partition coefficient (Wildman–Crippen LogP) is 2.70. The van der Waals surface area contributed by atoms with Gasteiger partial charge in [-0.25, -0.2) is 9.18 Å². The van der Waals surface area contributed by atoms with E-state index in [0.717, 1.165) is 0 Å². The second-order valence-corrected chi connectivity index (χ2v) is 3.20. The summed E-state index contributed by atoms with van der Waals surface area (Å²) in [6.45, 7) is 1.40. The molecule has 0 heterocycles. The molecule has 80 valence electrons. The molecule has 0 fully saturated rings. The minimum atomic E-state index is -1.57. The van der Waals surface area contributed by atoms with Gasteiger partial charge in [0, 0.05) is 0 Å². The highest BCUT2D eigenvalue weighted by molar-refractivity contribution is 5.84. The monoisotopic (exact) mass is 212 g/mol. The molecule has 0 aliphatic carbocycles. The zero-order valence-corrected chi connectivity index (χ0v) is 8.13. The van der Waals surface area contributed by atoms with Gasteiger partial charge in [-0.3, -0.25) is 0 Å². The van der Waals surface area contributed by atoms with Crippen LogP contribution in [0.3, 0.4) is 0 Å². The molecule has 0 amide bonds. The first kappa shape index (κ1) is 11.4. The van der Waals surface area contributed by atoms with Crippen LogP contribution in [0.1, 0.15) is 12.5 Å². The van der Waals surface area contributed by atoms with Crippen molar-refractivity contribution in [2.45, 2.75) is 13.3 Å². The lowest BCUT2D eigenvalue weighted by atomic mass is 10.1. The topological polar surface area (TPSA) is 37.3 Å². The molecule has 2 nitrogen and oxygen atoms in total. The summed E-state index contributed by atoms with van der Waals surface area (Å²) in [7, 11) is 0. The number of carboxylic acid groups (broad SMARTS) is 1. The van der Waals surface area contributed by atoms with E-state index in [1.165, 1.54) is 31.2 Å². The molecule has 1 rings (SSSR count). The second kappa shape index (κ2) is 4.68. The molecule has 0 aliphatic heterocycles. The van der Waals surface area contributed by atoms with Gasteiger partial charge in [0.2, 0.25) is 5.83 Å². The fourth-order valence-corrected chi connectivity index (χ4v) is 1.17. The Morgan fingerprint density at radius 2 is 1.87 bits per heavy atom. The van der Waals surface area contributed by atoms with Crippen LogP contribution in [0.25, 0.3) is 0 Å². The third-order valence-electron chi connectivity index (χ3n) is 1.95. The summed E-state index contributed by atoms with van der Waals surface area (Å²) >= 11 is 0. The molecule has 15 heavy (non-hydrogen) atoms. The Morgan fingerprint density at radius 3 is 2.33 bits per heavy atom. The van der Waals surface area contributed by atoms with Crippen molar-refractivity contribution < 1.29 is 18.7 Å². The summed E-state index contributed by atoms with van der Waals surface area (Å²) in [6, 6.07) is 5.49. The number of benzene rings is 1. The Morgan fingerprint density at radius 1 is 1.33 bits per heavy atom. The van der Waals surface area contributed by atoms with Crippen LogP contribution in [0.15, 0.2) is 35.7 Å². The lowest BCUT2D eigenvalue weighted by Gasteiger charge is -2.02. The summed E-state index contributed by atoms with van der Waals surface area (Å²) in [5.74, 6) is -3.10. The van der Waals surface area contributed by atoms with Crippen molar-refractivity contribution in [1.29, 1.82) is 0 Å². The van der Waals surface area contributed by atoms with Crippen molar-refractivity contribution in [3.05, 3.63) is 47.0 Å². The highest BCUT2D eigenvalue weighted by atomic mass is 19.1. The first-order valence-corrected chi connectivity index (χ1v) is 4.33. The number of allylic oxidation sites excluding steroid dienone is 1. The largest absolute Gasteiger partial charge is 0.476 e. The van der Waals surface area contributed by atoms with E-state index >= 15 is 0 Å². The zero-order chi connectivity index (χ0) is 11.4. The number of hydrogen-bond donors (Lipinski definition) is 1. The fourth-order valence-electron chi connectivity index (χ4n) is 1.17. The van der Waals surface area contributed by atoms with Gasteiger partial charge in [0.15, 0.2) is 0 Å². The van der Waals surface area contributed by atoms with Gasteiger partial charge in [0.05, 0.1) is 0 Å². The molecule has 1 aromatic rings. The first-order chi connectivity index (χ1) is 7.00. The third-order valence-corrected chi connectivity index (χ3v) is 1.95. The van der Waals surface area contributed by atoms with Crippen molar-refractivity contribution in [2.24, 2.45) is 0 Å². The second-order valence-electron chi connectivity index (χ2n) is 3.20. The maximum absolute atomic E-state index is 12.9. The molecular weight excluding hydrogens is 202 g/mol. The molecule has 0 bridgehead atoms. The number of rotatable bonds is 3. The number of carboxylic acids is 1. The Balaban J connectivity index is 2.83. The average molecular weight is 212 g/mol. The Labute approximate surface area is 85.9 Å². The molecule has 0 saturated carbocycles. The van der Waals surface area contributed by atoms with E-state index in [0.29, 0.717) is 5.56 Å². The molecular formula is C11H10F2O2. The van der Waals surface area contributed by atoms with Crippen LogP contribution in [-0.2, 0) is 11.2 Å². The number of aliphatic carboxylic acids is 1. The zero-order valence-electron chi connectivity index (χ0n) is 8.13. The quantitative estimate of drug-likeness (QED) is 0.782. The van der Waals surface area contributed by atoms with Crippen LogP contribution < -0.4 is 0 Å². The molecule has 0 spiro atoms. The Kier molecular flexibility index (Phi) is 3.55. The van der Waals surface area contributed by atoms with Crippen molar-refractivity contribution in [1.82, 2.24) is 0 Å². The van der Waals surface area contributed by atoms with E-state index in [9.17, 15) is 13.6 Å². The highest BCUT2D eigenvalue weighted by Crippen LogP contribution is 2.13. The minimum absolute atomic E-state index is 0.120. The first-order valence-electron chi connectivity index (χ1n) is 4.33. The molecule has 0 unspecified atom stereocenters. The SMILES string of the molecule is C/C(Cc1ccc(F)cc1)=C(/F)C(=O)O. The van der Waals surface area contributed by atoms with E-state index < -0.39 is 11.8 Å².